The Kier molecular flexibility index (Phi) is 8.42. The molecule has 2 rings (SSSR count). The Morgan fingerprint density at radius 1 is 1.35 bits per heavy atom. The fraction of sp³-hybridized carbons (Fsp3) is 0.789. The Balaban J connectivity index is 0.000000441. The number of rotatable bonds is 2. The first-order valence-corrected chi connectivity index (χ1v) is 8.33. The van der Waals surface area contributed by atoms with Gasteiger partial charge in [-0.05, 0) is 50.9 Å². The van der Waals surface area contributed by atoms with Crippen LogP contribution in [0.15, 0.2) is 24.8 Å². The second kappa shape index (κ2) is 8.67. The summed E-state index contributed by atoms with van der Waals surface area (Å²) in [6, 6.07) is 0. The summed E-state index contributed by atoms with van der Waals surface area (Å²) in [4.78, 5) is 0. The molecular formula is C19H36O. The van der Waals surface area contributed by atoms with Crippen molar-refractivity contribution in [1.29, 1.82) is 0 Å². The minimum atomic E-state index is -0.362. The molecule has 1 heteroatoms. The van der Waals surface area contributed by atoms with Crippen molar-refractivity contribution in [2.24, 2.45) is 11.3 Å². The Morgan fingerprint density at radius 3 is 2.35 bits per heavy atom. The molecule has 2 aliphatic rings. The van der Waals surface area contributed by atoms with E-state index in [1.165, 1.54) is 32.1 Å². The summed E-state index contributed by atoms with van der Waals surface area (Å²) in [6.45, 7) is 17.3. The third-order valence-corrected chi connectivity index (χ3v) is 4.62. The van der Waals surface area contributed by atoms with Gasteiger partial charge in [-0.3, -0.25) is 0 Å². The fourth-order valence-corrected chi connectivity index (χ4v) is 3.87. The smallest absolute Gasteiger partial charge is 0.0627 e. The van der Waals surface area contributed by atoms with Crippen LogP contribution in [0.4, 0.5) is 0 Å². The van der Waals surface area contributed by atoms with Crippen LogP contribution >= 0.6 is 0 Å². The summed E-state index contributed by atoms with van der Waals surface area (Å²) >= 11 is 0. The highest BCUT2D eigenvalue weighted by Crippen LogP contribution is 2.53. The molecule has 0 heterocycles. The van der Waals surface area contributed by atoms with E-state index in [1.807, 2.05) is 27.7 Å². The van der Waals surface area contributed by atoms with E-state index in [-0.39, 0.29) is 5.60 Å². The van der Waals surface area contributed by atoms with Gasteiger partial charge in [0.25, 0.3) is 0 Å². The van der Waals surface area contributed by atoms with E-state index in [0.29, 0.717) is 5.41 Å². The predicted molar refractivity (Wildman–Crippen MR) is 90.9 cm³/mol. The maximum Gasteiger partial charge on any atom is 0.0627 e. The first kappa shape index (κ1) is 19.4. The van der Waals surface area contributed by atoms with Crippen molar-refractivity contribution >= 4 is 0 Å². The molecular weight excluding hydrogens is 244 g/mol. The molecule has 2 fully saturated rings. The molecule has 0 aliphatic heterocycles. The summed E-state index contributed by atoms with van der Waals surface area (Å²) in [6.07, 6.45) is 10.6. The van der Waals surface area contributed by atoms with Gasteiger partial charge < -0.3 is 5.11 Å². The third kappa shape index (κ3) is 6.26. The second-order valence-corrected chi connectivity index (χ2v) is 6.74. The molecule has 0 aromatic carbocycles. The molecule has 0 saturated heterocycles. The van der Waals surface area contributed by atoms with Crippen molar-refractivity contribution in [3.63, 3.8) is 0 Å². The molecule has 2 bridgehead atoms. The summed E-state index contributed by atoms with van der Waals surface area (Å²) in [5.74, 6) is 0.817. The molecule has 1 nitrogen and oxygen atoms in total. The molecule has 0 amide bonds. The minimum absolute atomic E-state index is 0.362. The number of hydrogen-bond donors (Lipinski definition) is 1. The van der Waals surface area contributed by atoms with Crippen molar-refractivity contribution in [3.05, 3.63) is 24.8 Å². The van der Waals surface area contributed by atoms with Gasteiger partial charge in [0, 0.05) is 0 Å². The standard InChI is InChI=1S/C12H22O.C5H8.C2H6/c1-3-12-6-4-5-10(8-12)7-11(2,13)9-12;1-4-5(2)3;1-2/h10,13H,3-9H2,1-2H3;4H,1-2H2,3H3;1-2H3. The van der Waals surface area contributed by atoms with Crippen LogP contribution in [0.25, 0.3) is 0 Å². The summed E-state index contributed by atoms with van der Waals surface area (Å²) in [5, 5.41) is 10.2. The van der Waals surface area contributed by atoms with Gasteiger partial charge in [-0.25, -0.2) is 0 Å². The highest BCUT2D eigenvalue weighted by atomic mass is 16.3. The lowest BCUT2D eigenvalue weighted by Gasteiger charge is -2.50. The Hall–Kier alpha value is -0.560. The van der Waals surface area contributed by atoms with Gasteiger partial charge in [0.15, 0.2) is 0 Å². The van der Waals surface area contributed by atoms with E-state index in [1.54, 1.807) is 6.08 Å². The number of hydrogen-bond acceptors (Lipinski definition) is 1. The Labute approximate surface area is 127 Å². The van der Waals surface area contributed by atoms with Gasteiger partial charge in [-0.2, -0.15) is 0 Å². The maximum absolute atomic E-state index is 10.2. The second-order valence-electron chi connectivity index (χ2n) is 6.74. The largest absolute Gasteiger partial charge is 0.390 e. The molecule has 0 spiro atoms. The van der Waals surface area contributed by atoms with Crippen LogP contribution in [0.1, 0.15) is 79.6 Å². The van der Waals surface area contributed by atoms with Gasteiger partial charge in [0.05, 0.1) is 5.60 Å². The van der Waals surface area contributed by atoms with Crippen LogP contribution in [0, 0.1) is 11.3 Å². The van der Waals surface area contributed by atoms with E-state index in [4.69, 9.17) is 0 Å². The van der Waals surface area contributed by atoms with Crippen molar-refractivity contribution in [3.8, 4) is 0 Å². The van der Waals surface area contributed by atoms with E-state index in [0.717, 1.165) is 24.3 Å². The van der Waals surface area contributed by atoms with Crippen molar-refractivity contribution in [2.75, 3.05) is 0 Å². The van der Waals surface area contributed by atoms with E-state index in [2.05, 4.69) is 20.1 Å². The van der Waals surface area contributed by atoms with Gasteiger partial charge >= 0.3 is 0 Å². The van der Waals surface area contributed by atoms with Crippen molar-refractivity contribution < 1.29 is 5.11 Å². The first-order chi connectivity index (χ1) is 9.32. The van der Waals surface area contributed by atoms with Gasteiger partial charge in [-0.1, -0.05) is 64.8 Å². The Bertz CT molecular complexity index is 303. The van der Waals surface area contributed by atoms with Crippen LogP contribution in [-0.2, 0) is 0 Å². The van der Waals surface area contributed by atoms with Crippen LogP contribution in [0.3, 0.4) is 0 Å². The molecule has 2 saturated carbocycles. The van der Waals surface area contributed by atoms with Crippen molar-refractivity contribution in [2.45, 2.75) is 85.2 Å². The Morgan fingerprint density at radius 2 is 1.90 bits per heavy atom. The summed E-state index contributed by atoms with van der Waals surface area (Å²) in [5.41, 5.74) is 1.16. The number of fused-ring (bicyclic) bond motifs is 2. The zero-order valence-corrected chi connectivity index (χ0v) is 14.5. The van der Waals surface area contributed by atoms with E-state index >= 15 is 0 Å². The molecule has 0 aromatic rings. The molecule has 118 valence electrons. The maximum atomic E-state index is 10.2. The van der Waals surface area contributed by atoms with Gasteiger partial charge in [0.1, 0.15) is 0 Å². The van der Waals surface area contributed by atoms with E-state index < -0.39 is 0 Å². The lowest BCUT2D eigenvalue weighted by atomic mass is 9.57. The number of aliphatic hydroxyl groups is 1. The van der Waals surface area contributed by atoms with Gasteiger partial charge in [0.2, 0.25) is 0 Å². The number of allylic oxidation sites excluding steroid dienone is 2. The molecule has 2 aliphatic carbocycles. The average molecular weight is 280 g/mol. The molecule has 20 heavy (non-hydrogen) atoms. The quantitative estimate of drug-likeness (QED) is 0.625. The predicted octanol–water partition coefficient (Wildman–Crippen LogP) is 5.89. The lowest BCUT2D eigenvalue weighted by molar-refractivity contribution is -0.0812. The fourth-order valence-electron chi connectivity index (χ4n) is 3.87. The molecule has 1 N–H and O–H groups in total. The van der Waals surface area contributed by atoms with Crippen LogP contribution in [-0.4, -0.2) is 10.7 Å². The monoisotopic (exact) mass is 280 g/mol. The zero-order chi connectivity index (χ0) is 15.8. The zero-order valence-electron chi connectivity index (χ0n) is 14.5. The SMILES string of the molecule is C=CC(=C)C.CC.CCC12CCCC(CC(C)(O)C1)C2. The molecule has 3 unspecified atom stereocenters. The molecule has 0 radical (unpaired) electrons. The van der Waals surface area contributed by atoms with Crippen molar-refractivity contribution in [1.82, 2.24) is 0 Å². The average Bonchev–Trinajstić information content (AvgIpc) is 2.40. The summed E-state index contributed by atoms with van der Waals surface area (Å²) in [7, 11) is 0. The highest BCUT2D eigenvalue weighted by Gasteiger charge is 2.45. The molecule has 0 aromatic heterocycles. The van der Waals surface area contributed by atoms with Crippen LogP contribution in [0.2, 0.25) is 0 Å². The van der Waals surface area contributed by atoms with Crippen LogP contribution in [0.5, 0.6) is 0 Å². The summed E-state index contributed by atoms with van der Waals surface area (Å²) < 4.78 is 0. The third-order valence-electron chi connectivity index (χ3n) is 4.62. The topological polar surface area (TPSA) is 20.2 Å². The normalized spacial score (nSPS) is 34.8. The van der Waals surface area contributed by atoms with Gasteiger partial charge in [-0.15, -0.1) is 0 Å². The minimum Gasteiger partial charge on any atom is -0.390 e. The van der Waals surface area contributed by atoms with Crippen LogP contribution < -0.4 is 0 Å². The highest BCUT2D eigenvalue weighted by molar-refractivity contribution is 5.05. The van der Waals surface area contributed by atoms with E-state index in [9.17, 15) is 5.11 Å². The first-order valence-electron chi connectivity index (χ1n) is 8.33. The molecule has 3 atom stereocenters. The lowest BCUT2D eigenvalue weighted by Crippen LogP contribution is -2.45.